The molecule has 1 aliphatic carbocycles. The Morgan fingerprint density at radius 3 is 2.57 bits per heavy atom. The van der Waals surface area contributed by atoms with Crippen LogP contribution in [0.4, 0.5) is 0 Å². The van der Waals surface area contributed by atoms with Crippen molar-refractivity contribution in [3.05, 3.63) is 17.0 Å². The molecule has 1 aromatic rings. The summed E-state index contributed by atoms with van der Waals surface area (Å²) in [4.78, 5) is 11.1. The summed E-state index contributed by atoms with van der Waals surface area (Å²) < 4.78 is 27.1. The molecule has 1 aromatic heterocycles. The zero-order valence-electron chi connectivity index (χ0n) is 11.5. The van der Waals surface area contributed by atoms with Crippen LogP contribution in [0.25, 0.3) is 0 Å². The van der Waals surface area contributed by atoms with E-state index in [-0.39, 0.29) is 29.2 Å². The molecule has 0 unspecified atom stereocenters. The Morgan fingerprint density at radius 2 is 2.00 bits per heavy atom. The molecule has 118 valence electrons. The SMILES string of the molecule is O=C(O)Cc1ccc(S(=O)(=O)NCC2(CO)CCCC2)s1. The summed E-state index contributed by atoms with van der Waals surface area (Å²) in [6, 6.07) is 2.94. The van der Waals surface area contributed by atoms with Gasteiger partial charge in [-0.05, 0) is 25.0 Å². The summed E-state index contributed by atoms with van der Waals surface area (Å²) in [5.41, 5.74) is -0.353. The second kappa shape index (κ2) is 6.43. The number of carboxylic acids is 1. The number of hydrogen-bond donors (Lipinski definition) is 3. The van der Waals surface area contributed by atoms with Crippen LogP contribution in [0.2, 0.25) is 0 Å². The van der Waals surface area contributed by atoms with Gasteiger partial charge in [-0.2, -0.15) is 0 Å². The van der Waals surface area contributed by atoms with E-state index in [9.17, 15) is 18.3 Å². The predicted molar refractivity (Wildman–Crippen MR) is 78.8 cm³/mol. The number of aliphatic hydroxyl groups is 1. The molecule has 0 amide bonds. The van der Waals surface area contributed by atoms with Crippen LogP contribution in [-0.2, 0) is 21.2 Å². The Kier molecular flexibility index (Phi) is 5.03. The smallest absolute Gasteiger partial charge is 0.308 e. The molecule has 1 fully saturated rings. The van der Waals surface area contributed by atoms with Gasteiger partial charge in [0.25, 0.3) is 0 Å². The second-order valence-electron chi connectivity index (χ2n) is 5.48. The Hall–Kier alpha value is -0.960. The molecular weight excluding hydrogens is 314 g/mol. The van der Waals surface area contributed by atoms with Crippen molar-refractivity contribution in [2.75, 3.05) is 13.2 Å². The molecule has 0 saturated heterocycles. The van der Waals surface area contributed by atoms with Gasteiger partial charge in [-0.1, -0.05) is 12.8 Å². The van der Waals surface area contributed by atoms with Crippen LogP contribution >= 0.6 is 11.3 Å². The first kappa shape index (κ1) is 16.4. The number of aliphatic carboxylic acids is 1. The van der Waals surface area contributed by atoms with Crippen molar-refractivity contribution in [1.82, 2.24) is 4.72 Å². The molecule has 1 saturated carbocycles. The van der Waals surface area contributed by atoms with Gasteiger partial charge in [0.05, 0.1) is 6.42 Å². The molecule has 0 aromatic carbocycles. The van der Waals surface area contributed by atoms with Gasteiger partial charge in [-0.3, -0.25) is 4.79 Å². The van der Waals surface area contributed by atoms with Crippen molar-refractivity contribution in [1.29, 1.82) is 0 Å². The van der Waals surface area contributed by atoms with Gasteiger partial charge in [0.2, 0.25) is 10.0 Å². The molecule has 21 heavy (non-hydrogen) atoms. The van der Waals surface area contributed by atoms with E-state index in [0.717, 1.165) is 37.0 Å². The van der Waals surface area contributed by atoms with E-state index >= 15 is 0 Å². The summed E-state index contributed by atoms with van der Waals surface area (Å²) >= 11 is 0.963. The highest BCUT2D eigenvalue weighted by atomic mass is 32.2. The number of thiophene rings is 1. The highest BCUT2D eigenvalue weighted by Gasteiger charge is 2.34. The number of aliphatic hydroxyl groups excluding tert-OH is 1. The van der Waals surface area contributed by atoms with E-state index in [4.69, 9.17) is 5.11 Å². The Bertz CT molecular complexity index is 602. The molecule has 0 atom stereocenters. The number of rotatable bonds is 7. The number of sulfonamides is 1. The maximum atomic E-state index is 12.2. The number of carboxylic acid groups (broad SMARTS) is 1. The van der Waals surface area contributed by atoms with Crippen LogP contribution in [0, 0.1) is 5.41 Å². The molecular formula is C13H19NO5S2. The molecule has 2 rings (SSSR count). The molecule has 8 heteroatoms. The summed E-state index contributed by atoms with van der Waals surface area (Å²) in [6.07, 6.45) is 3.47. The van der Waals surface area contributed by atoms with Crippen molar-refractivity contribution in [3.8, 4) is 0 Å². The molecule has 6 nitrogen and oxygen atoms in total. The first-order valence-electron chi connectivity index (χ1n) is 6.78. The third-order valence-electron chi connectivity index (χ3n) is 3.86. The molecule has 3 N–H and O–H groups in total. The third kappa shape index (κ3) is 4.03. The Morgan fingerprint density at radius 1 is 1.33 bits per heavy atom. The van der Waals surface area contributed by atoms with Gasteiger partial charge in [0.1, 0.15) is 4.21 Å². The molecule has 0 aliphatic heterocycles. The fourth-order valence-electron chi connectivity index (χ4n) is 2.58. The standard InChI is InChI=1S/C13H19NO5S2/c15-9-13(5-1-2-6-13)8-14-21(18,19)12-4-3-10(20-12)7-11(16)17/h3-4,14-15H,1-2,5-9H2,(H,16,17). The van der Waals surface area contributed by atoms with Crippen molar-refractivity contribution in [3.63, 3.8) is 0 Å². The van der Waals surface area contributed by atoms with Crippen molar-refractivity contribution >= 4 is 27.3 Å². The minimum absolute atomic E-state index is 0.0236. The fraction of sp³-hybridized carbons (Fsp3) is 0.615. The fourth-order valence-corrected chi connectivity index (χ4v) is 5.13. The lowest BCUT2D eigenvalue weighted by Gasteiger charge is -2.26. The van der Waals surface area contributed by atoms with Crippen LogP contribution in [0.1, 0.15) is 30.6 Å². The Labute approximate surface area is 127 Å². The van der Waals surface area contributed by atoms with E-state index in [1.165, 1.54) is 12.1 Å². The van der Waals surface area contributed by atoms with Crippen molar-refractivity contribution in [2.24, 2.45) is 5.41 Å². The topological polar surface area (TPSA) is 104 Å². The van der Waals surface area contributed by atoms with Gasteiger partial charge in [0.15, 0.2) is 0 Å². The molecule has 0 bridgehead atoms. The highest BCUT2D eigenvalue weighted by molar-refractivity contribution is 7.91. The van der Waals surface area contributed by atoms with Crippen LogP contribution < -0.4 is 4.72 Å². The van der Waals surface area contributed by atoms with E-state index in [1.807, 2.05) is 0 Å². The average Bonchev–Trinajstić information content (AvgIpc) is 3.06. The van der Waals surface area contributed by atoms with Gasteiger partial charge in [0, 0.05) is 23.4 Å². The molecule has 0 radical (unpaired) electrons. The maximum absolute atomic E-state index is 12.2. The third-order valence-corrected chi connectivity index (χ3v) is 6.84. The lowest BCUT2D eigenvalue weighted by molar-refractivity contribution is -0.136. The van der Waals surface area contributed by atoms with E-state index in [1.54, 1.807) is 0 Å². The summed E-state index contributed by atoms with van der Waals surface area (Å²) in [5, 5.41) is 18.2. The predicted octanol–water partition coefficient (Wildman–Crippen LogP) is 1.21. The minimum atomic E-state index is -3.65. The largest absolute Gasteiger partial charge is 0.481 e. The van der Waals surface area contributed by atoms with Crippen LogP contribution in [0.15, 0.2) is 16.3 Å². The van der Waals surface area contributed by atoms with Crippen LogP contribution in [0.3, 0.4) is 0 Å². The summed E-state index contributed by atoms with van der Waals surface area (Å²) in [7, 11) is -3.65. The normalized spacial score (nSPS) is 18.0. The summed E-state index contributed by atoms with van der Waals surface area (Å²) in [5.74, 6) is -0.987. The quantitative estimate of drug-likeness (QED) is 0.696. The first-order valence-corrected chi connectivity index (χ1v) is 9.08. The van der Waals surface area contributed by atoms with Crippen molar-refractivity contribution in [2.45, 2.75) is 36.3 Å². The van der Waals surface area contributed by atoms with Crippen LogP contribution in [-0.4, -0.2) is 37.8 Å². The highest BCUT2D eigenvalue weighted by Crippen LogP contribution is 2.37. The van der Waals surface area contributed by atoms with Gasteiger partial charge in [-0.15, -0.1) is 11.3 Å². The van der Waals surface area contributed by atoms with E-state index < -0.39 is 16.0 Å². The zero-order chi connectivity index (χ0) is 15.5. The molecule has 1 aliphatic rings. The van der Waals surface area contributed by atoms with E-state index in [2.05, 4.69) is 4.72 Å². The Balaban J connectivity index is 2.04. The van der Waals surface area contributed by atoms with E-state index in [0.29, 0.717) is 4.88 Å². The monoisotopic (exact) mass is 333 g/mol. The number of hydrogen-bond acceptors (Lipinski definition) is 5. The number of carbonyl (C=O) groups is 1. The summed E-state index contributed by atoms with van der Waals surface area (Å²) in [6.45, 7) is 0.197. The minimum Gasteiger partial charge on any atom is -0.481 e. The zero-order valence-corrected chi connectivity index (χ0v) is 13.2. The molecule has 1 heterocycles. The van der Waals surface area contributed by atoms with Gasteiger partial charge < -0.3 is 10.2 Å². The maximum Gasteiger partial charge on any atom is 0.308 e. The lowest BCUT2D eigenvalue weighted by Crippen LogP contribution is -2.38. The second-order valence-corrected chi connectivity index (χ2v) is 8.64. The first-order chi connectivity index (χ1) is 9.87. The lowest BCUT2D eigenvalue weighted by atomic mass is 9.88. The number of nitrogens with one attached hydrogen (secondary N) is 1. The average molecular weight is 333 g/mol. The van der Waals surface area contributed by atoms with Gasteiger partial charge >= 0.3 is 5.97 Å². The van der Waals surface area contributed by atoms with Crippen LogP contribution in [0.5, 0.6) is 0 Å². The van der Waals surface area contributed by atoms with Crippen molar-refractivity contribution < 1.29 is 23.4 Å². The van der Waals surface area contributed by atoms with Gasteiger partial charge in [-0.25, -0.2) is 13.1 Å². The molecule has 0 spiro atoms.